The van der Waals surface area contributed by atoms with Crippen LogP contribution in [0, 0.1) is 11.8 Å². The minimum Gasteiger partial charge on any atom is -0.351 e. The lowest BCUT2D eigenvalue weighted by Gasteiger charge is -2.20. The monoisotopic (exact) mass is 288 g/mol. The van der Waals surface area contributed by atoms with Crippen molar-refractivity contribution in [1.29, 1.82) is 0 Å². The average Bonchev–Trinajstić information content (AvgIpc) is 3.18. The smallest absolute Gasteiger partial charge is 0.228 e. The molecule has 114 valence electrons. The molecule has 2 amide bonds. The number of anilines is 1. The molecule has 2 N–H and O–H groups in total. The van der Waals surface area contributed by atoms with Gasteiger partial charge in [0.05, 0.1) is 11.8 Å². The van der Waals surface area contributed by atoms with E-state index in [1.165, 1.54) is 5.56 Å². The highest BCUT2D eigenvalue weighted by Crippen LogP contribution is 2.39. The summed E-state index contributed by atoms with van der Waals surface area (Å²) in [5.41, 5.74) is 1.78. The second kappa shape index (κ2) is 5.88. The fourth-order valence-corrected chi connectivity index (χ4v) is 2.30. The Morgan fingerprint density at radius 2 is 1.67 bits per heavy atom. The van der Waals surface area contributed by atoms with Crippen molar-refractivity contribution in [3.05, 3.63) is 29.8 Å². The fraction of sp³-hybridized carbons (Fsp3) is 0.529. The largest absolute Gasteiger partial charge is 0.351 e. The number of hydrogen-bond donors (Lipinski definition) is 2. The van der Waals surface area contributed by atoms with Crippen molar-refractivity contribution in [3.63, 3.8) is 0 Å². The van der Waals surface area contributed by atoms with Gasteiger partial charge in [-0.15, -0.1) is 0 Å². The Hall–Kier alpha value is -1.84. The Balaban J connectivity index is 1.86. The number of rotatable bonds is 4. The molecule has 2 rings (SSSR count). The van der Waals surface area contributed by atoms with Crippen LogP contribution >= 0.6 is 0 Å². The predicted molar refractivity (Wildman–Crippen MR) is 83.9 cm³/mol. The van der Waals surface area contributed by atoms with Gasteiger partial charge in [0.1, 0.15) is 0 Å². The van der Waals surface area contributed by atoms with Gasteiger partial charge in [-0.25, -0.2) is 0 Å². The summed E-state index contributed by atoms with van der Waals surface area (Å²) in [7, 11) is 0. The van der Waals surface area contributed by atoms with E-state index in [-0.39, 0.29) is 29.2 Å². The molecular formula is C17H24N2O2. The van der Waals surface area contributed by atoms with E-state index in [1.54, 1.807) is 0 Å². The Morgan fingerprint density at radius 3 is 2.19 bits per heavy atom. The van der Waals surface area contributed by atoms with Gasteiger partial charge in [0, 0.05) is 11.2 Å². The van der Waals surface area contributed by atoms with Gasteiger partial charge in [-0.1, -0.05) is 19.1 Å². The van der Waals surface area contributed by atoms with Crippen LogP contribution in [0.2, 0.25) is 0 Å². The van der Waals surface area contributed by atoms with E-state index in [2.05, 4.69) is 17.6 Å². The van der Waals surface area contributed by atoms with Crippen LogP contribution in [-0.2, 0) is 16.0 Å². The summed E-state index contributed by atoms with van der Waals surface area (Å²) in [6.07, 6.45) is 1.62. The van der Waals surface area contributed by atoms with E-state index >= 15 is 0 Å². The van der Waals surface area contributed by atoms with Gasteiger partial charge in [-0.2, -0.15) is 0 Å². The summed E-state index contributed by atoms with van der Waals surface area (Å²) in [6, 6.07) is 7.82. The van der Waals surface area contributed by atoms with Crippen molar-refractivity contribution in [2.45, 2.75) is 46.1 Å². The first-order chi connectivity index (χ1) is 9.80. The number of aryl methyl sites for hydroxylation is 1. The van der Waals surface area contributed by atoms with Crippen LogP contribution < -0.4 is 10.6 Å². The van der Waals surface area contributed by atoms with Crippen molar-refractivity contribution in [3.8, 4) is 0 Å². The van der Waals surface area contributed by atoms with Crippen molar-refractivity contribution in [2.24, 2.45) is 11.8 Å². The van der Waals surface area contributed by atoms with Gasteiger partial charge in [0.25, 0.3) is 0 Å². The van der Waals surface area contributed by atoms with E-state index in [0.29, 0.717) is 6.42 Å². The van der Waals surface area contributed by atoms with Gasteiger partial charge in [0.2, 0.25) is 11.8 Å². The third kappa shape index (κ3) is 4.31. The molecule has 0 aliphatic heterocycles. The summed E-state index contributed by atoms with van der Waals surface area (Å²) >= 11 is 0. The molecule has 1 aromatic carbocycles. The maximum atomic E-state index is 12.1. The Bertz CT molecular complexity index is 529. The molecule has 21 heavy (non-hydrogen) atoms. The molecule has 4 heteroatoms. The number of nitrogens with one attached hydrogen (secondary N) is 2. The summed E-state index contributed by atoms with van der Waals surface area (Å²) in [4.78, 5) is 24.1. The molecule has 1 aliphatic rings. The molecule has 1 aromatic rings. The van der Waals surface area contributed by atoms with Gasteiger partial charge in [0.15, 0.2) is 0 Å². The second-order valence-electron chi connectivity index (χ2n) is 6.73. The molecule has 4 nitrogen and oxygen atoms in total. The van der Waals surface area contributed by atoms with Crippen LogP contribution in [0.4, 0.5) is 5.69 Å². The Kier molecular flexibility index (Phi) is 4.35. The zero-order valence-electron chi connectivity index (χ0n) is 13.2. The summed E-state index contributed by atoms with van der Waals surface area (Å²) < 4.78 is 0. The van der Waals surface area contributed by atoms with Crippen LogP contribution in [-0.4, -0.2) is 17.4 Å². The van der Waals surface area contributed by atoms with E-state index in [9.17, 15) is 9.59 Å². The SMILES string of the molecule is CCc1ccc(NC(=O)C2CC2C(=O)NC(C)(C)C)cc1. The van der Waals surface area contributed by atoms with Crippen molar-refractivity contribution >= 4 is 17.5 Å². The number of benzene rings is 1. The Morgan fingerprint density at radius 1 is 1.10 bits per heavy atom. The third-order valence-electron chi connectivity index (χ3n) is 3.59. The molecule has 0 aromatic heterocycles. The summed E-state index contributed by atoms with van der Waals surface area (Å²) in [5, 5.41) is 5.81. The normalized spacial score (nSPS) is 20.8. The first-order valence-corrected chi connectivity index (χ1v) is 7.52. The lowest BCUT2D eigenvalue weighted by atomic mass is 10.1. The lowest BCUT2D eigenvalue weighted by Crippen LogP contribution is -2.42. The van der Waals surface area contributed by atoms with Crippen molar-refractivity contribution < 1.29 is 9.59 Å². The minimum absolute atomic E-state index is 0.0241. The van der Waals surface area contributed by atoms with Gasteiger partial charge < -0.3 is 10.6 Å². The topological polar surface area (TPSA) is 58.2 Å². The maximum absolute atomic E-state index is 12.1. The summed E-state index contributed by atoms with van der Waals surface area (Å²) in [6.45, 7) is 7.92. The van der Waals surface area contributed by atoms with Crippen LogP contribution in [0.25, 0.3) is 0 Å². The highest BCUT2D eigenvalue weighted by molar-refractivity contribution is 5.99. The molecule has 2 unspecified atom stereocenters. The standard InChI is InChI=1S/C17H24N2O2/c1-5-11-6-8-12(9-7-11)18-15(20)13-10-14(13)16(21)19-17(2,3)4/h6-9,13-14H,5,10H2,1-4H3,(H,18,20)(H,19,21). The zero-order chi connectivity index (χ0) is 15.6. The Labute approximate surface area is 126 Å². The first kappa shape index (κ1) is 15.5. The maximum Gasteiger partial charge on any atom is 0.228 e. The van der Waals surface area contributed by atoms with Crippen molar-refractivity contribution in [1.82, 2.24) is 5.32 Å². The molecular weight excluding hydrogens is 264 g/mol. The van der Waals surface area contributed by atoms with Gasteiger partial charge in [-0.3, -0.25) is 9.59 Å². The molecule has 0 bridgehead atoms. The number of carbonyl (C=O) groups is 2. The first-order valence-electron chi connectivity index (χ1n) is 7.52. The van der Waals surface area contributed by atoms with Crippen LogP contribution in [0.5, 0.6) is 0 Å². The highest BCUT2D eigenvalue weighted by atomic mass is 16.2. The molecule has 0 spiro atoms. The minimum atomic E-state index is -0.253. The predicted octanol–water partition coefficient (Wildman–Crippen LogP) is 2.74. The van der Waals surface area contributed by atoms with Gasteiger partial charge in [-0.05, 0) is 51.3 Å². The molecule has 2 atom stereocenters. The third-order valence-corrected chi connectivity index (χ3v) is 3.59. The van der Waals surface area contributed by atoms with Crippen LogP contribution in [0.15, 0.2) is 24.3 Å². The van der Waals surface area contributed by atoms with Gasteiger partial charge >= 0.3 is 0 Å². The highest BCUT2D eigenvalue weighted by Gasteiger charge is 2.48. The van der Waals surface area contributed by atoms with Crippen LogP contribution in [0.3, 0.4) is 0 Å². The molecule has 0 radical (unpaired) electrons. The quantitative estimate of drug-likeness (QED) is 0.895. The fourth-order valence-electron chi connectivity index (χ4n) is 2.30. The molecule has 0 saturated heterocycles. The molecule has 0 heterocycles. The lowest BCUT2D eigenvalue weighted by molar-refractivity contribution is -0.126. The van der Waals surface area contributed by atoms with E-state index in [1.807, 2.05) is 45.0 Å². The number of carbonyl (C=O) groups excluding carboxylic acids is 2. The number of hydrogen-bond acceptors (Lipinski definition) is 2. The number of amides is 2. The van der Waals surface area contributed by atoms with E-state index < -0.39 is 0 Å². The zero-order valence-corrected chi connectivity index (χ0v) is 13.2. The molecule has 1 saturated carbocycles. The van der Waals surface area contributed by atoms with E-state index in [4.69, 9.17) is 0 Å². The van der Waals surface area contributed by atoms with Crippen LogP contribution in [0.1, 0.15) is 39.7 Å². The molecule has 1 aliphatic carbocycles. The summed E-state index contributed by atoms with van der Waals surface area (Å²) in [5.74, 6) is -0.463. The van der Waals surface area contributed by atoms with E-state index in [0.717, 1.165) is 12.1 Å². The molecule has 1 fully saturated rings. The van der Waals surface area contributed by atoms with Crippen molar-refractivity contribution in [2.75, 3.05) is 5.32 Å². The average molecular weight is 288 g/mol. The second-order valence-corrected chi connectivity index (χ2v) is 6.73.